The highest BCUT2D eigenvalue weighted by atomic mass is 16.2. The zero-order valence-electron chi connectivity index (χ0n) is 19.8. The fourth-order valence-electron chi connectivity index (χ4n) is 3.69. The lowest BCUT2D eigenvalue weighted by atomic mass is 10.1. The Morgan fingerprint density at radius 1 is 0.971 bits per heavy atom. The average Bonchev–Trinajstić information content (AvgIpc) is 3.34. The van der Waals surface area contributed by atoms with Crippen molar-refractivity contribution < 1.29 is 9.59 Å². The number of aromatic nitrogens is 3. The van der Waals surface area contributed by atoms with Crippen LogP contribution in [0.3, 0.4) is 0 Å². The van der Waals surface area contributed by atoms with Crippen molar-refractivity contribution in [2.75, 3.05) is 18.4 Å². The Hall–Kier alpha value is -4.52. The van der Waals surface area contributed by atoms with E-state index in [2.05, 4.69) is 10.3 Å². The third-order valence-corrected chi connectivity index (χ3v) is 5.56. The number of nitrogens with zero attached hydrogens (tertiary/aromatic N) is 4. The van der Waals surface area contributed by atoms with Crippen molar-refractivity contribution in [2.24, 2.45) is 0 Å². The molecule has 2 amide bonds. The van der Waals surface area contributed by atoms with Gasteiger partial charge in [-0.15, -0.1) is 0 Å². The number of para-hydroxylation sites is 1. The lowest BCUT2D eigenvalue weighted by Gasteiger charge is -2.18. The van der Waals surface area contributed by atoms with Crippen LogP contribution in [0.15, 0.2) is 91.4 Å². The molecular weight excluding hydrogens is 438 g/mol. The first-order valence-corrected chi connectivity index (χ1v) is 11.5. The smallest absolute Gasteiger partial charge is 0.253 e. The maximum atomic E-state index is 12.6. The zero-order valence-corrected chi connectivity index (χ0v) is 19.8. The fraction of sp³-hybridized carbons (Fsp3) is 0.143. The SMILES string of the molecule is CCN(CC)C(=O)c1ccc(NC(=O)/C=C/c2cn(-c3ccccc3)nc2-c2cccnc2)cc1. The number of rotatable bonds is 8. The number of amides is 2. The van der Waals surface area contributed by atoms with Crippen molar-refractivity contribution in [3.05, 3.63) is 103 Å². The van der Waals surface area contributed by atoms with Crippen LogP contribution >= 0.6 is 0 Å². The van der Waals surface area contributed by atoms with Crippen LogP contribution < -0.4 is 5.32 Å². The number of hydrogen-bond acceptors (Lipinski definition) is 4. The van der Waals surface area contributed by atoms with Crippen molar-refractivity contribution in [1.29, 1.82) is 0 Å². The quantitative estimate of drug-likeness (QED) is 0.369. The van der Waals surface area contributed by atoms with Gasteiger partial charge < -0.3 is 10.2 Å². The maximum Gasteiger partial charge on any atom is 0.253 e. The number of carbonyl (C=O) groups excluding carboxylic acids is 2. The van der Waals surface area contributed by atoms with E-state index in [1.165, 1.54) is 6.08 Å². The van der Waals surface area contributed by atoms with E-state index in [-0.39, 0.29) is 11.8 Å². The van der Waals surface area contributed by atoms with Gasteiger partial charge in [-0.2, -0.15) is 5.10 Å². The first-order chi connectivity index (χ1) is 17.1. The molecule has 0 aliphatic rings. The Labute approximate surface area is 204 Å². The summed E-state index contributed by atoms with van der Waals surface area (Å²) in [7, 11) is 0. The second-order valence-corrected chi connectivity index (χ2v) is 7.83. The predicted octanol–water partition coefficient (Wildman–Crippen LogP) is 5.07. The van der Waals surface area contributed by atoms with Crippen LogP contribution in [0, 0.1) is 0 Å². The van der Waals surface area contributed by atoms with E-state index < -0.39 is 0 Å². The van der Waals surface area contributed by atoms with Gasteiger partial charge in [0.2, 0.25) is 5.91 Å². The molecule has 0 spiro atoms. The highest BCUT2D eigenvalue weighted by Crippen LogP contribution is 2.24. The van der Waals surface area contributed by atoms with Gasteiger partial charge in [0.15, 0.2) is 0 Å². The highest BCUT2D eigenvalue weighted by molar-refractivity contribution is 6.02. The molecule has 0 aliphatic carbocycles. The molecule has 4 aromatic rings. The monoisotopic (exact) mass is 465 g/mol. The molecule has 4 rings (SSSR count). The van der Waals surface area contributed by atoms with Crippen molar-refractivity contribution in [2.45, 2.75) is 13.8 Å². The van der Waals surface area contributed by atoms with Gasteiger partial charge in [-0.1, -0.05) is 18.2 Å². The first kappa shape index (κ1) is 23.6. The lowest BCUT2D eigenvalue weighted by molar-refractivity contribution is -0.111. The van der Waals surface area contributed by atoms with Gasteiger partial charge in [0.05, 0.1) is 5.69 Å². The molecule has 7 nitrogen and oxygen atoms in total. The van der Waals surface area contributed by atoms with Crippen LogP contribution in [0.4, 0.5) is 5.69 Å². The van der Waals surface area contributed by atoms with Crippen LogP contribution in [0.2, 0.25) is 0 Å². The van der Waals surface area contributed by atoms with E-state index in [1.807, 2.05) is 62.5 Å². The molecule has 2 heterocycles. The third kappa shape index (κ3) is 5.70. The molecule has 2 aromatic carbocycles. The van der Waals surface area contributed by atoms with E-state index in [1.54, 1.807) is 52.3 Å². The minimum atomic E-state index is -0.280. The summed E-state index contributed by atoms with van der Waals surface area (Å²) in [5.74, 6) is -0.302. The van der Waals surface area contributed by atoms with E-state index in [0.29, 0.717) is 24.3 Å². The Bertz CT molecular complexity index is 1310. The van der Waals surface area contributed by atoms with Gasteiger partial charge in [0.25, 0.3) is 5.91 Å². The Morgan fingerprint density at radius 3 is 2.37 bits per heavy atom. The van der Waals surface area contributed by atoms with E-state index in [9.17, 15) is 9.59 Å². The molecule has 0 radical (unpaired) electrons. The summed E-state index contributed by atoms with van der Waals surface area (Å²) in [5, 5.41) is 7.57. The third-order valence-electron chi connectivity index (χ3n) is 5.56. The molecule has 0 bridgehead atoms. The molecule has 0 saturated heterocycles. The van der Waals surface area contributed by atoms with E-state index in [4.69, 9.17) is 5.10 Å². The van der Waals surface area contributed by atoms with Crippen LogP contribution in [-0.4, -0.2) is 44.6 Å². The molecule has 0 saturated carbocycles. The normalized spacial score (nSPS) is 10.9. The molecule has 2 aromatic heterocycles. The molecule has 0 atom stereocenters. The fourth-order valence-corrected chi connectivity index (χ4v) is 3.69. The van der Waals surface area contributed by atoms with Gasteiger partial charge in [0.1, 0.15) is 5.69 Å². The largest absolute Gasteiger partial charge is 0.339 e. The molecule has 1 N–H and O–H groups in total. The Kier molecular flexibility index (Phi) is 7.47. The Balaban J connectivity index is 1.52. The predicted molar refractivity (Wildman–Crippen MR) is 138 cm³/mol. The number of nitrogens with one attached hydrogen (secondary N) is 1. The van der Waals surface area contributed by atoms with Gasteiger partial charge in [-0.05, 0) is 68.5 Å². The van der Waals surface area contributed by atoms with Gasteiger partial charge in [-0.25, -0.2) is 4.68 Å². The topological polar surface area (TPSA) is 80.1 Å². The van der Waals surface area contributed by atoms with Crippen molar-refractivity contribution in [3.8, 4) is 16.9 Å². The van der Waals surface area contributed by atoms with Crippen molar-refractivity contribution in [1.82, 2.24) is 19.7 Å². The lowest BCUT2D eigenvalue weighted by Crippen LogP contribution is -2.30. The summed E-state index contributed by atoms with van der Waals surface area (Å²) in [6, 6.07) is 20.5. The number of benzene rings is 2. The van der Waals surface area contributed by atoms with Crippen LogP contribution in [0.5, 0.6) is 0 Å². The molecule has 35 heavy (non-hydrogen) atoms. The summed E-state index contributed by atoms with van der Waals surface area (Å²) < 4.78 is 1.78. The van der Waals surface area contributed by atoms with Crippen LogP contribution in [0.1, 0.15) is 29.8 Å². The number of carbonyl (C=O) groups is 2. The average molecular weight is 466 g/mol. The van der Waals surface area contributed by atoms with Crippen molar-refractivity contribution in [3.63, 3.8) is 0 Å². The number of anilines is 1. The second kappa shape index (κ2) is 11.1. The van der Waals surface area contributed by atoms with Crippen LogP contribution in [-0.2, 0) is 4.79 Å². The minimum absolute atomic E-state index is 0.0221. The summed E-state index contributed by atoms with van der Waals surface area (Å²) in [6.07, 6.45) is 8.55. The van der Waals surface area contributed by atoms with Gasteiger partial charge in [0, 0.05) is 60.1 Å². The number of pyridine rings is 1. The molecule has 0 unspecified atom stereocenters. The summed E-state index contributed by atoms with van der Waals surface area (Å²) >= 11 is 0. The molecule has 0 fully saturated rings. The zero-order chi connectivity index (χ0) is 24.6. The van der Waals surface area contributed by atoms with Crippen LogP contribution in [0.25, 0.3) is 23.0 Å². The highest BCUT2D eigenvalue weighted by Gasteiger charge is 2.13. The Morgan fingerprint density at radius 2 is 1.71 bits per heavy atom. The summed E-state index contributed by atoms with van der Waals surface area (Å²) in [4.78, 5) is 31.0. The van der Waals surface area contributed by atoms with E-state index >= 15 is 0 Å². The molecule has 176 valence electrons. The molecule has 7 heteroatoms. The maximum absolute atomic E-state index is 12.6. The van der Waals surface area contributed by atoms with Crippen molar-refractivity contribution >= 4 is 23.6 Å². The summed E-state index contributed by atoms with van der Waals surface area (Å²) in [6.45, 7) is 5.21. The number of hydrogen-bond donors (Lipinski definition) is 1. The minimum Gasteiger partial charge on any atom is -0.339 e. The molecule has 0 aliphatic heterocycles. The van der Waals surface area contributed by atoms with Gasteiger partial charge in [-0.3, -0.25) is 14.6 Å². The second-order valence-electron chi connectivity index (χ2n) is 7.83. The molecular formula is C28H27N5O2. The summed E-state index contributed by atoms with van der Waals surface area (Å²) in [5.41, 5.74) is 4.50. The van der Waals surface area contributed by atoms with Gasteiger partial charge >= 0.3 is 0 Å². The van der Waals surface area contributed by atoms with E-state index in [0.717, 1.165) is 22.5 Å². The first-order valence-electron chi connectivity index (χ1n) is 11.5. The standard InChI is InChI=1S/C28H27N5O2/c1-3-32(4-2)28(35)21-12-15-24(16-13-21)30-26(34)17-14-23-20-33(25-10-6-5-7-11-25)31-27(23)22-9-8-18-29-19-22/h5-20H,3-4H2,1-2H3,(H,30,34)/b17-14+.